The van der Waals surface area contributed by atoms with Crippen molar-refractivity contribution in [3.63, 3.8) is 0 Å². The first kappa shape index (κ1) is 13.7. The molecule has 1 fully saturated rings. The Kier molecular flexibility index (Phi) is 3.40. The second-order valence-corrected chi connectivity index (χ2v) is 5.67. The van der Waals surface area contributed by atoms with E-state index in [1.807, 2.05) is 24.3 Å². The van der Waals surface area contributed by atoms with Crippen LogP contribution in [-0.2, 0) is 10.2 Å². The molecule has 1 amide bonds. The van der Waals surface area contributed by atoms with Gasteiger partial charge < -0.3 is 5.32 Å². The summed E-state index contributed by atoms with van der Waals surface area (Å²) < 4.78 is 0. The zero-order chi connectivity index (χ0) is 14.9. The minimum atomic E-state index is -0.432. The van der Waals surface area contributed by atoms with E-state index in [9.17, 15) is 4.79 Å². The molecule has 0 unspecified atom stereocenters. The number of anilines is 1. The van der Waals surface area contributed by atoms with Crippen LogP contribution in [0.25, 0.3) is 0 Å². The highest BCUT2D eigenvalue weighted by molar-refractivity contribution is 6.30. The van der Waals surface area contributed by atoms with Crippen molar-refractivity contribution in [1.82, 2.24) is 0 Å². The van der Waals surface area contributed by atoms with Gasteiger partial charge in [0.15, 0.2) is 0 Å². The van der Waals surface area contributed by atoms with Gasteiger partial charge >= 0.3 is 0 Å². The highest BCUT2D eigenvalue weighted by Crippen LogP contribution is 2.49. The van der Waals surface area contributed by atoms with Crippen LogP contribution in [0, 0.1) is 11.3 Å². The van der Waals surface area contributed by atoms with Gasteiger partial charge in [0.1, 0.15) is 0 Å². The van der Waals surface area contributed by atoms with E-state index in [0.29, 0.717) is 16.3 Å². The van der Waals surface area contributed by atoms with Crippen LogP contribution in [0.3, 0.4) is 0 Å². The first-order chi connectivity index (χ1) is 10.1. The lowest BCUT2D eigenvalue weighted by molar-refractivity contribution is -0.118. The molecule has 2 aromatic rings. The van der Waals surface area contributed by atoms with Crippen LogP contribution in [-0.4, -0.2) is 5.91 Å². The van der Waals surface area contributed by atoms with Gasteiger partial charge in [-0.05, 0) is 54.8 Å². The second-order valence-electron chi connectivity index (χ2n) is 5.23. The van der Waals surface area contributed by atoms with E-state index < -0.39 is 5.41 Å². The molecule has 0 aliphatic heterocycles. The van der Waals surface area contributed by atoms with Crippen LogP contribution in [0.1, 0.15) is 24.0 Å². The molecule has 0 heterocycles. The standard InChI is InChI=1S/C17H13ClN2O/c18-14-5-3-13(4-6-14)17(9-10-17)16(21)20-15-7-1-12(11-19)2-8-15/h1-8H,9-10H2,(H,20,21). The Morgan fingerprint density at radius 1 is 1.10 bits per heavy atom. The summed E-state index contributed by atoms with van der Waals surface area (Å²) >= 11 is 5.89. The predicted molar refractivity (Wildman–Crippen MR) is 82.2 cm³/mol. The Labute approximate surface area is 128 Å². The smallest absolute Gasteiger partial charge is 0.235 e. The van der Waals surface area contributed by atoms with E-state index in [1.54, 1.807) is 24.3 Å². The average molecular weight is 297 g/mol. The molecule has 1 aliphatic rings. The predicted octanol–water partition coefficient (Wildman–Crippen LogP) is 3.88. The maximum absolute atomic E-state index is 12.5. The molecule has 0 atom stereocenters. The number of amides is 1. The molecule has 3 nitrogen and oxygen atoms in total. The summed E-state index contributed by atoms with van der Waals surface area (Å²) in [5, 5.41) is 12.4. The summed E-state index contributed by atoms with van der Waals surface area (Å²) in [6.45, 7) is 0. The number of nitrogens with one attached hydrogen (secondary N) is 1. The molecule has 3 rings (SSSR count). The molecule has 0 aromatic heterocycles. The monoisotopic (exact) mass is 296 g/mol. The fourth-order valence-corrected chi connectivity index (χ4v) is 2.55. The SMILES string of the molecule is N#Cc1ccc(NC(=O)C2(c3ccc(Cl)cc3)CC2)cc1. The molecule has 0 saturated heterocycles. The Bertz CT molecular complexity index is 710. The molecule has 4 heteroatoms. The maximum Gasteiger partial charge on any atom is 0.235 e. The van der Waals surface area contributed by atoms with Gasteiger partial charge in [0.25, 0.3) is 0 Å². The van der Waals surface area contributed by atoms with Crippen LogP contribution in [0.4, 0.5) is 5.69 Å². The van der Waals surface area contributed by atoms with Gasteiger partial charge in [0.2, 0.25) is 5.91 Å². The second kappa shape index (κ2) is 5.23. The Morgan fingerprint density at radius 2 is 1.71 bits per heavy atom. The number of nitriles is 1. The van der Waals surface area contributed by atoms with E-state index in [1.165, 1.54) is 0 Å². The van der Waals surface area contributed by atoms with Gasteiger partial charge in [0.05, 0.1) is 17.0 Å². The number of rotatable bonds is 3. The van der Waals surface area contributed by atoms with Crippen molar-refractivity contribution in [3.05, 3.63) is 64.7 Å². The Hall–Kier alpha value is -2.31. The number of carbonyl (C=O) groups is 1. The summed E-state index contributed by atoms with van der Waals surface area (Å²) in [5.41, 5.74) is 1.85. The molecule has 104 valence electrons. The van der Waals surface area contributed by atoms with Crippen LogP contribution < -0.4 is 5.32 Å². The topological polar surface area (TPSA) is 52.9 Å². The van der Waals surface area contributed by atoms with E-state index in [-0.39, 0.29) is 5.91 Å². The lowest BCUT2D eigenvalue weighted by Gasteiger charge is -2.16. The lowest BCUT2D eigenvalue weighted by atomic mass is 9.95. The number of halogens is 1. The van der Waals surface area contributed by atoms with Crippen molar-refractivity contribution in [1.29, 1.82) is 5.26 Å². The van der Waals surface area contributed by atoms with E-state index in [2.05, 4.69) is 11.4 Å². The van der Waals surface area contributed by atoms with E-state index in [4.69, 9.17) is 16.9 Å². The molecule has 0 bridgehead atoms. The van der Waals surface area contributed by atoms with E-state index >= 15 is 0 Å². The van der Waals surface area contributed by atoms with Gasteiger partial charge in [-0.1, -0.05) is 23.7 Å². The molecule has 21 heavy (non-hydrogen) atoms. The average Bonchev–Trinajstić information content (AvgIpc) is 3.30. The van der Waals surface area contributed by atoms with Crippen LogP contribution in [0.15, 0.2) is 48.5 Å². The minimum absolute atomic E-state index is 0.00506. The molecule has 0 radical (unpaired) electrons. The summed E-state index contributed by atoms with van der Waals surface area (Å²) in [6, 6.07) is 16.4. The van der Waals surface area contributed by atoms with Gasteiger partial charge in [-0.25, -0.2) is 0 Å². The van der Waals surface area contributed by atoms with Crippen molar-refractivity contribution >= 4 is 23.2 Å². The number of hydrogen-bond acceptors (Lipinski definition) is 2. The van der Waals surface area contributed by atoms with Crippen molar-refractivity contribution in [3.8, 4) is 6.07 Å². The normalized spacial score (nSPS) is 15.0. The van der Waals surface area contributed by atoms with Crippen molar-refractivity contribution in [2.24, 2.45) is 0 Å². The Morgan fingerprint density at radius 3 is 2.24 bits per heavy atom. The summed E-state index contributed by atoms with van der Waals surface area (Å²) in [6.07, 6.45) is 1.69. The van der Waals surface area contributed by atoms with Crippen LogP contribution in [0.2, 0.25) is 5.02 Å². The van der Waals surface area contributed by atoms with Crippen molar-refractivity contribution < 1.29 is 4.79 Å². The quantitative estimate of drug-likeness (QED) is 0.934. The first-order valence-electron chi connectivity index (χ1n) is 6.72. The fraction of sp³-hybridized carbons (Fsp3) is 0.176. The number of nitrogens with zero attached hydrogens (tertiary/aromatic N) is 1. The summed E-state index contributed by atoms with van der Waals surface area (Å²) in [5.74, 6) is -0.00506. The summed E-state index contributed by atoms with van der Waals surface area (Å²) in [7, 11) is 0. The lowest BCUT2D eigenvalue weighted by Crippen LogP contribution is -2.27. The fourth-order valence-electron chi connectivity index (χ4n) is 2.42. The van der Waals surface area contributed by atoms with Gasteiger partial charge in [-0.3, -0.25) is 4.79 Å². The highest BCUT2D eigenvalue weighted by atomic mass is 35.5. The highest BCUT2D eigenvalue weighted by Gasteiger charge is 2.51. The third-order valence-corrected chi connectivity index (χ3v) is 4.11. The van der Waals surface area contributed by atoms with Gasteiger partial charge in [0, 0.05) is 10.7 Å². The molecule has 0 spiro atoms. The number of benzene rings is 2. The molecule has 1 saturated carbocycles. The van der Waals surface area contributed by atoms with Gasteiger partial charge in [-0.15, -0.1) is 0 Å². The molecular formula is C17H13ClN2O. The summed E-state index contributed by atoms with van der Waals surface area (Å²) in [4.78, 5) is 12.5. The third-order valence-electron chi connectivity index (χ3n) is 3.85. The maximum atomic E-state index is 12.5. The molecular weight excluding hydrogens is 284 g/mol. The molecule has 1 aliphatic carbocycles. The third kappa shape index (κ3) is 2.63. The Balaban J connectivity index is 1.78. The van der Waals surface area contributed by atoms with E-state index in [0.717, 1.165) is 18.4 Å². The largest absolute Gasteiger partial charge is 0.325 e. The molecule has 1 N–H and O–H groups in total. The van der Waals surface area contributed by atoms with Crippen LogP contribution >= 0.6 is 11.6 Å². The minimum Gasteiger partial charge on any atom is -0.325 e. The van der Waals surface area contributed by atoms with Gasteiger partial charge in [-0.2, -0.15) is 5.26 Å². The van der Waals surface area contributed by atoms with Crippen molar-refractivity contribution in [2.45, 2.75) is 18.3 Å². The molecule has 2 aromatic carbocycles. The first-order valence-corrected chi connectivity index (χ1v) is 7.09. The zero-order valence-electron chi connectivity index (χ0n) is 11.3. The number of carbonyl (C=O) groups excluding carboxylic acids is 1. The van der Waals surface area contributed by atoms with Crippen molar-refractivity contribution in [2.75, 3.05) is 5.32 Å². The van der Waals surface area contributed by atoms with Crippen LogP contribution in [0.5, 0.6) is 0 Å². The number of hydrogen-bond donors (Lipinski definition) is 1. The zero-order valence-corrected chi connectivity index (χ0v) is 12.0.